The number of carbonyl (C=O) groups is 1. The molecule has 1 aromatic heterocycles. The Bertz CT molecular complexity index is 561. The van der Waals surface area contributed by atoms with Gasteiger partial charge >= 0.3 is 103 Å². The van der Waals surface area contributed by atoms with Crippen molar-refractivity contribution < 1.29 is 8.56 Å². The van der Waals surface area contributed by atoms with Crippen molar-refractivity contribution in [2.24, 2.45) is 0 Å². The molecule has 2 aromatic rings. The van der Waals surface area contributed by atoms with Crippen molar-refractivity contribution in [3.05, 3.63) is 42.1 Å². The first kappa shape index (κ1) is 12.1. The van der Waals surface area contributed by atoms with Gasteiger partial charge in [0.05, 0.1) is 0 Å². The van der Waals surface area contributed by atoms with Crippen LogP contribution in [0.5, 0.6) is 0 Å². The van der Waals surface area contributed by atoms with Crippen molar-refractivity contribution in [3.63, 3.8) is 0 Å². The van der Waals surface area contributed by atoms with Crippen molar-refractivity contribution >= 4 is 30.5 Å². The molecule has 0 unspecified atom stereocenters. The van der Waals surface area contributed by atoms with Crippen LogP contribution in [0.2, 0.25) is 17.3 Å². The molecule has 2 rings (SSSR count). The van der Waals surface area contributed by atoms with E-state index in [4.69, 9.17) is 3.76 Å². The zero-order valence-electron chi connectivity index (χ0n) is 10.2. The summed E-state index contributed by atoms with van der Waals surface area (Å²) in [5.74, 6) is 5.78. The van der Waals surface area contributed by atoms with Crippen molar-refractivity contribution in [2.75, 3.05) is 0 Å². The fourth-order valence-electron chi connectivity index (χ4n) is 1.51. The van der Waals surface area contributed by atoms with Gasteiger partial charge < -0.3 is 0 Å². The number of aromatic nitrogens is 1. The molecular formula is C13H15GeNO2. The van der Waals surface area contributed by atoms with Gasteiger partial charge in [-0.25, -0.2) is 0 Å². The molecule has 0 amide bonds. The molecule has 0 saturated carbocycles. The molecule has 0 radical (unpaired) electrons. The Labute approximate surface area is 104 Å². The molecule has 0 aliphatic heterocycles. The zero-order chi connectivity index (χ0) is 12.5. The molecule has 1 aromatic carbocycles. The summed E-state index contributed by atoms with van der Waals surface area (Å²) in [4.78, 5) is 16.2. The number of rotatable bonds is 2. The first-order valence-electron chi connectivity index (χ1n) is 5.55. The molecule has 0 N–H and O–H groups in total. The SMILES string of the molecule is [CH3][Ge]([CH3])([CH3])[O]C(=O)c1ccc2ccccc2n1. The van der Waals surface area contributed by atoms with Crippen molar-refractivity contribution in [1.82, 2.24) is 4.98 Å². The van der Waals surface area contributed by atoms with Gasteiger partial charge in [-0.1, -0.05) is 0 Å². The van der Waals surface area contributed by atoms with Gasteiger partial charge in [-0.05, 0) is 0 Å². The second kappa shape index (κ2) is 4.49. The van der Waals surface area contributed by atoms with Crippen molar-refractivity contribution in [3.8, 4) is 0 Å². The fourth-order valence-corrected chi connectivity index (χ4v) is 2.90. The third-order valence-electron chi connectivity index (χ3n) is 2.21. The Morgan fingerprint density at radius 3 is 2.53 bits per heavy atom. The van der Waals surface area contributed by atoms with E-state index in [1.54, 1.807) is 6.07 Å². The zero-order valence-corrected chi connectivity index (χ0v) is 12.3. The number of para-hydroxylation sites is 1. The van der Waals surface area contributed by atoms with Crippen LogP contribution in [0.15, 0.2) is 36.4 Å². The number of pyridine rings is 1. The van der Waals surface area contributed by atoms with Gasteiger partial charge in [0.1, 0.15) is 0 Å². The second-order valence-corrected chi connectivity index (χ2v) is 14.2. The summed E-state index contributed by atoms with van der Waals surface area (Å²) in [5.41, 5.74) is 1.22. The van der Waals surface area contributed by atoms with Gasteiger partial charge in [0.25, 0.3) is 0 Å². The van der Waals surface area contributed by atoms with E-state index in [9.17, 15) is 4.79 Å². The third-order valence-corrected chi connectivity index (χ3v) is 3.88. The van der Waals surface area contributed by atoms with Gasteiger partial charge in [0.2, 0.25) is 0 Å². The number of benzene rings is 1. The number of hydrogen-bond donors (Lipinski definition) is 0. The van der Waals surface area contributed by atoms with E-state index >= 15 is 0 Å². The minimum atomic E-state index is -2.34. The Kier molecular flexibility index (Phi) is 3.20. The molecule has 17 heavy (non-hydrogen) atoms. The molecule has 88 valence electrons. The maximum absolute atomic E-state index is 11.9. The number of nitrogens with zero attached hydrogens (tertiary/aromatic N) is 1. The average Bonchev–Trinajstić information content (AvgIpc) is 2.26. The van der Waals surface area contributed by atoms with Crippen LogP contribution in [0, 0.1) is 0 Å². The van der Waals surface area contributed by atoms with Crippen LogP contribution in [0.25, 0.3) is 10.9 Å². The molecule has 0 saturated heterocycles. The summed E-state index contributed by atoms with van der Waals surface area (Å²) in [6.45, 7) is 0. The van der Waals surface area contributed by atoms with Crippen LogP contribution in [-0.2, 0) is 3.76 Å². The number of hydrogen-bond acceptors (Lipinski definition) is 3. The van der Waals surface area contributed by atoms with E-state index in [0.717, 1.165) is 10.9 Å². The Morgan fingerprint density at radius 1 is 1.12 bits per heavy atom. The van der Waals surface area contributed by atoms with E-state index in [1.165, 1.54) is 0 Å². The van der Waals surface area contributed by atoms with Crippen LogP contribution >= 0.6 is 0 Å². The van der Waals surface area contributed by atoms with Gasteiger partial charge in [-0.2, -0.15) is 0 Å². The molecule has 0 atom stereocenters. The normalized spacial score (nSPS) is 11.5. The van der Waals surface area contributed by atoms with Gasteiger partial charge in [-0.15, -0.1) is 0 Å². The monoisotopic (exact) mass is 291 g/mol. The molecule has 1 heterocycles. The summed E-state index contributed by atoms with van der Waals surface area (Å²) in [6, 6.07) is 11.3. The molecule has 0 bridgehead atoms. The summed E-state index contributed by atoms with van der Waals surface area (Å²) in [7, 11) is 0. The molecule has 3 nitrogen and oxygen atoms in total. The number of fused-ring (bicyclic) bond motifs is 1. The summed E-state index contributed by atoms with van der Waals surface area (Å²) in [5, 5.41) is 1.03. The van der Waals surface area contributed by atoms with E-state index in [1.807, 2.05) is 47.6 Å². The molecule has 4 heteroatoms. The predicted molar refractivity (Wildman–Crippen MR) is 70.5 cm³/mol. The number of carbonyl (C=O) groups excluding carboxylic acids is 1. The molecule has 0 spiro atoms. The van der Waals surface area contributed by atoms with Gasteiger partial charge in [0, 0.05) is 0 Å². The van der Waals surface area contributed by atoms with Crippen molar-refractivity contribution in [1.29, 1.82) is 0 Å². The van der Waals surface area contributed by atoms with E-state index in [0.29, 0.717) is 5.69 Å². The second-order valence-electron chi connectivity index (χ2n) is 4.89. The first-order valence-corrected chi connectivity index (χ1v) is 12.7. The summed E-state index contributed by atoms with van der Waals surface area (Å²) >= 11 is -2.34. The molecule has 0 aliphatic rings. The van der Waals surface area contributed by atoms with E-state index < -0.39 is 13.6 Å². The molecular weight excluding hydrogens is 275 g/mol. The standard InChI is InChI=1S/C13H15GeNO2/c1-14(2,3)17-13(16)12-9-8-10-6-4-5-7-11(10)15-12/h4-9H,1-3H3. The quantitative estimate of drug-likeness (QED) is 0.797. The van der Waals surface area contributed by atoms with Crippen LogP contribution in [0.3, 0.4) is 0 Å². The first-order chi connectivity index (χ1) is 7.96. The maximum atomic E-state index is 11.9. The van der Waals surface area contributed by atoms with Gasteiger partial charge in [0.15, 0.2) is 0 Å². The molecule has 0 aliphatic carbocycles. The Morgan fingerprint density at radius 2 is 1.82 bits per heavy atom. The van der Waals surface area contributed by atoms with Crippen LogP contribution in [0.1, 0.15) is 10.5 Å². The third kappa shape index (κ3) is 3.06. The minimum absolute atomic E-state index is 0.303. The van der Waals surface area contributed by atoms with E-state index in [2.05, 4.69) is 4.98 Å². The average molecular weight is 290 g/mol. The summed E-state index contributed by atoms with van der Waals surface area (Å²) < 4.78 is 5.46. The molecule has 0 fully saturated rings. The Hall–Kier alpha value is -1.36. The van der Waals surface area contributed by atoms with Crippen LogP contribution in [-0.4, -0.2) is 24.6 Å². The van der Waals surface area contributed by atoms with Crippen LogP contribution < -0.4 is 0 Å². The summed E-state index contributed by atoms with van der Waals surface area (Å²) in [6.07, 6.45) is 0. The van der Waals surface area contributed by atoms with E-state index in [-0.39, 0.29) is 5.97 Å². The van der Waals surface area contributed by atoms with Crippen molar-refractivity contribution in [2.45, 2.75) is 17.3 Å². The fraction of sp³-hybridized carbons (Fsp3) is 0.231. The van der Waals surface area contributed by atoms with Gasteiger partial charge in [-0.3, -0.25) is 0 Å². The topological polar surface area (TPSA) is 39.2 Å². The Balaban J connectivity index is 2.33. The predicted octanol–water partition coefficient (Wildman–Crippen LogP) is 3.23. The van der Waals surface area contributed by atoms with Crippen LogP contribution in [0.4, 0.5) is 0 Å².